The third kappa shape index (κ3) is 6.55. The maximum absolute atomic E-state index is 12.6. The molecule has 0 spiro atoms. The molecule has 0 saturated carbocycles. The van der Waals surface area contributed by atoms with Crippen LogP contribution in [0.15, 0.2) is 24.3 Å². The van der Waals surface area contributed by atoms with Crippen molar-refractivity contribution in [1.82, 2.24) is 0 Å². The van der Waals surface area contributed by atoms with Crippen LogP contribution < -0.4 is 14.2 Å². The molecule has 2 aromatic rings. The number of hydrogen-bond acceptors (Lipinski definition) is 9. The number of benzene rings is 2. The monoisotopic (exact) mass is 614 g/mol. The largest absolute Gasteiger partial charge is 0.495 e. The average Bonchev–Trinajstić information content (AvgIpc) is 3.41. The quantitative estimate of drug-likeness (QED) is 0.309. The van der Waals surface area contributed by atoms with E-state index in [1.54, 1.807) is 6.07 Å². The summed E-state index contributed by atoms with van der Waals surface area (Å²) in [5, 5.41) is 10.3. The molecular weight excluding hydrogens is 568 g/mol. The summed E-state index contributed by atoms with van der Waals surface area (Å²) in [7, 11) is 1.49. The second kappa shape index (κ2) is 12.1. The molecule has 3 aliphatic rings. The van der Waals surface area contributed by atoms with Crippen molar-refractivity contribution in [2.45, 2.75) is 117 Å². The van der Waals surface area contributed by atoms with Crippen LogP contribution >= 0.6 is 0 Å². The molecular formula is C34H46O10. The highest BCUT2D eigenvalue weighted by Crippen LogP contribution is 2.46. The third-order valence-electron chi connectivity index (χ3n) is 8.17. The van der Waals surface area contributed by atoms with Crippen LogP contribution in [0, 0.1) is 19.8 Å². The fraction of sp³-hybridized carbons (Fsp3) is 0.618. The minimum absolute atomic E-state index is 0.0317. The molecule has 5 rings (SSSR count). The van der Waals surface area contributed by atoms with Crippen LogP contribution in [-0.4, -0.2) is 67.1 Å². The standard InChI is InChI=1S/C34H46O10/c1-17(2)13-19(4)21-11-12-22(25(31(35)36)27(21)37-10)39-26-20(5)14-18(3)15-23(26)38-16-24-28-29(42-33(6,7)41-28)30-32(40-24)44-34(8,9)43-30/h11-12,14-15,17,19,24,28-30,32H,13,16H2,1-10H3,(H,35,36)/t19-,24?,28?,29?,30?,32?/m0/s1. The summed E-state index contributed by atoms with van der Waals surface area (Å²) in [5.74, 6) is -0.949. The van der Waals surface area contributed by atoms with E-state index in [0.717, 1.165) is 23.1 Å². The summed E-state index contributed by atoms with van der Waals surface area (Å²) < 4.78 is 49.4. The highest BCUT2D eigenvalue weighted by Gasteiger charge is 2.60. The Morgan fingerprint density at radius 2 is 1.57 bits per heavy atom. The van der Waals surface area contributed by atoms with Crippen molar-refractivity contribution in [2.24, 2.45) is 5.92 Å². The van der Waals surface area contributed by atoms with E-state index in [1.807, 2.05) is 59.7 Å². The van der Waals surface area contributed by atoms with E-state index in [4.69, 9.17) is 37.9 Å². The Morgan fingerprint density at radius 1 is 0.909 bits per heavy atom. The zero-order valence-corrected chi connectivity index (χ0v) is 27.4. The minimum Gasteiger partial charge on any atom is -0.495 e. The fourth-order valence-corrected chi connectivity index (χ4v) is 6.57. The molecule has 10 nitrogen and oxygen atoms in total. The van der Waals surface area contributed by atoms with Gasteiger partial charge in [0.25, 0.3) is 0 Å². The van der Waals surface area contributed by atoms with E-state index in [2.05, 4.69) is 20.8 Å². The van der Waals surface area contributed by atoms with E-state index >= 15 is 0 Å². The van der Waals surface area contributed by atoms with Crippen molar-refractivity contribution >= 4 is 5.97 Å². The lowest BCUT2D eigenvalue weighted by Gasteiger charge is -2.37. The lowest BCUT2D eigenvalue weighted by molar-refractivity contribution is -0.238. The van der Waals surface area contributed by atoms with Crippen molar-refractivity contribution in [3.63, 3.8) is 0 Å². The molecule has 0 amide bonds. The second-order valence-corrected chi connectivity index (χ2v) is 13.4. The van der Waals surface area contributed by atoms with Gasteiger partial charge in [-0.2, -0.15) is 0 Å². The Morgan fingerprint density at radius 3 is 2.23 bits per heavy atom. The molecule has 0 aliphatic carbocycles. The first-order chi connectivity index (χ1) is 20.6. The van der Waals surface area contributed by atoms with Crippen molar-refractivity contribution in [3.05, 3.63) is 46.5 Å². The molecule has 3 saturated heterocycles. The summed E-state index contributed by atoms with van der Waals surface area (Å²) in [6, 6.07) is 7.39. The number of carboxylic acids is 1. The maximum Gasteiger partial charge on any atom is 0.343 e. The number of carbonyl (C=O) groups is 1. The Hall–Kier alpha value is -2.89. The zero-order valence-electron chi connectivity index (χ0n) is 27.4. The second-order valence-electron chi connectivity index (χ2n) is 13.4. The van der Waals surface area contributed by atoms with Gasteiger partial charge in [-0.3, -0.25) is 0 Å². The molecule has 10 heteroatoms. The number of aryl methyl sites for hydroxylation is 2. The van der Waals surface area contributed by atoms with Gasteiger partial charge in [-0.25, -0.2) is 4.79 Å². The predicted molar refractivity (Wildman–Crippen MR) is 162 cm³/mol. The molecule has 5 unspecified atom stereocenters. The minimum atomic E-state index is -1.14. The lowest BCUT2D eigenvalue weighted by Crippen LogP contribution is -2.56. The molecule has 0 bridgehead atoms. The first kappa shape index (κ1) is 32.5. The normalized spacial score (nSPS) is 27.5. The van der Waals surface area contributed by atoms with E-state index in [1.165, 1.54) is 7.11 Å². The van der Waals surface area contributed by atoms with E-state index in [9.17, 15) is 9.90 Å². The number of ether oxygens (including phenoxy) is 8. The van der Waals surface area contributed by atoms with Crippen LogP contribution in [0.1, 0.15) is 87.9 Å². The summed E-state index contributed by atoms with van der Waals surface area (Å²) in [6.45, 7) is 17.7. The highest BCUT2D eigenvalue weighted by molar-refractivity contribution is 5.95. The van der Waals surface area contributed by atoms with E-state index in [-0.39, 0.29) is 23.8 Å². The highest BCUT2D eigenvalue weighted by atomic mass is 16.9. The molecule has 44 heavy (non-hydrogen) atoms. The fourth-order valence-electron chi connectivity index (χ4n) is 6.57. The smallest absolute Gasteiger partial charge is 0.343 e. The predicted octanol–water partition coefficient (Wildman–Crippen LogP) is 6.73. The Bertz CT molecular complexity index is 1380. The van der Waals surface area contributed by atoms with Gasteiger partial charge in [0.15, 0.2) is 29.4 Å². The summed E-state index contributed by atoms with van der Waals surface area (Å²) in [4.78, 5) is 12.6. The molecule has 3 fully saturated rings. The molecule has 242 valence electrons. The van der Waals surface area contributed by atoms with Crippen LogP contribution in [0.5, 0.6) is 23.0 Å². The Labute approximate surface area is 259 Å². The molecule has 0 aromatic heterocycles. The van der Waals surface area contributed by atoms with Crippen molar-refractivity contribution in [3.8, 4) is 23.0 Å². The van der Waals surface area contributed by atoms with Gasteiger partial charge >= 0.3 is 5.97 Å². The van der Waals surface area contributed by atoms with Crippen molar-refractivity contribution in [1.29, 1.82) is 0 Å². The van der Waals surface area contributed by atoms with Crippen molar-refractivity contribution in [2.75, 3.05) is 13.7 Å². The van der Waals surface area contributed by atoms with Gasteiger partial charge in [-0.1, -0.05) is 32.9 Å². The summed E-state index contributed by atoms with van der Waals surface area (Å²) in [6.07, 6.45) is -1.60. The van der Waals surface area contributed by atoms with Gasteiger partial charge < -0.3 is 43.0 Å². The topological polar surface area (TPSA) is 111 Å². The summed E-state index contributed by atoms with van der Waals surface area (Å²) >= 11 is 0. The Balaban J connectivity index is 1.44. The SMILES string of the molecule is COc1c([C@@H](C)CC(C)C)ccc(Oc2c(C)cc(C)cc2OCC2OC3OC(C)(C)OC3C3OC(C)(C)OC23)c1C(=O)O. The molecule has 0 radical (unpaired) electrons. The van der Waals surface area contributed by atoms with Crippen LogP contribution in [0.25, 0.3) is 0 Å². The van der Waals surface area contributed by atoms with Crippen LogP contribution in [0.4, 0.5) is 0 Å². The van der Waals surface area contributed by atoms with Crippen LogP contribution in [0.2, 0.25) is 0 Å². The van der Waals surface area contributed by atoms with Gasteiger partial charge in [0, 0.05) is 0 Å². The van der Waals surface area contributed by atoms with Gasteiger partial charge in [0.2, 0.25) is 0 Å². The number of rotatable bonds is 10. The maximum atomic E-state index is 12.6. The lowest BCUT2D eigenvalue weighted by atomic mass is 9.90. The number of carboxylic acid groups (broad SMARTS) is 1. The molecule has 1 N–H and O–H groups in total. The van der Waals surface area contributed by atoms with E-state index in [0.29, 0.717) is 23.2 Å². The van der Waals surface area contributed by atoms with Gasteiger partial charge in [0.1, 0.15) is 48.1 Å². The third-order valence-corrected chi connectivity index (χ3v) is 8.17. The average molecular weight is 615 g/mol. The number of aromatic carboxylic acids is 1. The number of hydrogen-bond donors (Lipinski definition) is 1. The number of fused-ring (bicyclic) bond motifs is 3. The van der Waals surface area contributed by atoms with Gasteiger partial charge in [-0.05, 0) is 88.6 Å². The van der Waals surface area contributed by atoms with Crippen LogP contribution in [-0.2, 0) is 23.7 Å². The molecule has 3 aliphatic heterocycles. The van der Waals surface area contributed by atoms with Gasteiger partial charge in [0.05, 0.1) is 7.11 Å². The van der Waals surface area contributed by atoms with E-state index < -0.39 is 48.2 Å². The zero-order chi connectivity index (χ0) is 32.1. The van der Waals surface area contributed by atoms with Gasteiger partial charge in [-0.15, -0.1) is 0 Å². The molecule has 2 aromatic carbocycles. The van der Waals surface area contributed by atoms with Crippen molar-refractivity contribution < 1.29 is 47.8 Å². The molecule has 6 atom stereocenters. The van der Waals surface area contributed by atoms with Crippen LogP contribution in [0.3, 0.4) is 0 Å². The first-order valence-corrected chi connectivity index (χ1v) is 15.3. The molecule has 3 heterocycles. The summed E-state index contributed by atoms with van der Waals surface area (Å²) in [5.41, 5.74) is 2.53. The number of methoxy groups -OCH3 is 1. The first-order valence-electron chi connectivity index (χ1n) is 15.3. The Kier molecular flexibility index (Phi) is 8.96.